The highest BCUT2D eigenvalue weighted by Crippen LogP contribution is 2.22. The van der Waals surface area contributed by atoms with E-state index in [0.29, 0.717) is 5.75 Å². The van der Waals surface area contributed by atoms with Gasteiger partial charge in [-0.2, -0.15) is 0 Å². The molecule has 110 valence electrons. The van der Waals surface area contributed by atoms with Crippen LogP contribution in [-0.4, -0.2) is 19.7 Å². The molecule has 2 aromatic carbocycles. The van der Waals surface area contributed by atoms with Crippen molar-refractivity contribution in [3.8, 4) is 5.75 Å². The molecule has 0 saturated carbocycles. The maximum Gasteiger partial charge on any atom is 0.316 e. The normalized spacial score (nSPS) is 11.8. The van der Waals surface area contributed by atoms with Gasteiger partial charge in [0.05, 0.1) is 7.11 Å². The number of hydrogen-bond acceptors (Lipinski definition) is 3. The van der Waals surface area contributed by atoms with Crippen LogP contribution in [0.2, 0.25) is 0 Å². The lowest BCUT2D eigenvalue weighted by Crippen LogP contribution is -2.22. The van der Waals surface area contributed by atoms with Crippen molar-refractivity contribution in [3.63, 3.8) is 0 Å². The second kappa shape index (κ2) is 6.88. The summed E-state index contributed by atoms with van der Waals surface area (Å²) < 4.78 is 24.2. The predicted octanol–water partition coefficient (Wildman–Crippen LogP) is 3.47. The molecule has 0 N–H and O–H groups in total. The van der Waals surface area contributed by atoms with Gasteiger partial charge in [0.25, 0.3) is 0 Å². The quantitative estimate of drug-likeness (QED) is 0.790. The molecule has 0 amide bonds. The van der Waals surface area contributed by atoms with Crippen LogP contribution in [0.4, 0.5) is 4.39 Å². The summed E-state index contributed by atoms with van der Waals surface area (Å²) in [5, 5.41) is 0. The zero-order chi connectivity index (χ0) is 15.2. The first-order chi connectivity index (χ1) is 10.1. The summed E-state index contributed by atoms with van der Waals surface area (Å²) in [5.74, 6) is -1.12. The third kappa shape index (κ3) is 3.81. The van der Waals surface area contributed by atoms with E-state index in [-0.39, 0.29) is 12.2 Å². The first-order valence-corrected chi connectivity index (χ1v) is 6.63. The number of benzene rings is 2. The summed E-state index contributed by atoms with van der Waals surface area (Å²) in [6.45, 7) is 1.97. The molecule has 2 rings (SSSR count). The number of ether oxygens (including phenoxy) is 2. The summed E-state index contributed by atoms with van der Waals surface area (Å²) in [7, 11) is 1.28. The molecule has 3 nitrogen and oxygen atoms in total. The molecule has 0 aliphatic rings. The molecule has 21 heavy (non-hydrogen) atoms. The number of halogens is 1. The Labute approximate surface area is 123 Å². The standard InChI is InChI=1S/C17H17FO3/c1-12-6-5-7-13(10-12)21-11-15(17(19)20-2)14-8-3-4-9-16(14)18/h3-10,15H,11H2,1-2H3. The van der Waals surface area contributed by atoms with E-state index < -0.39 is 17.7 Å². The highest BCUT2D eigenvalue weighted by atomic mass is 19.1. The summed E-state index contributed by atoms with van der Waals surface area (Å²) in [5.41, 5.74) is 1.32. The second-order valence-corrected chi connectivity index (χ2v) is 4.72. The van der Waals surface area contributed by atoms with Crippen molar-refractivity contribution in [1.29, 1.82) is 0 Å². The third-order valence-corrected chi connectivity index (χ3v) is 3.17. The van der Waals surface area contributed by atoms with Gasteiger partial charge >= 0.3 is 5.97 Å². The molecule has 0 aliphatic carbocycles. The molecular weight excluding hydrogens is 271 g/mol. The number of carbonyl (C=O) groups excluding carboxylic acids is 1. The Hall–Kier alpha value is -2.36. The molecule has 0 spiro atoms. The molecule has 0 saturated heterocycles. The smallest absolute Gasteiger partial charge is 0.316 e. The van der Waals surface area contributed by atoms with Gasteiger partial charge in [0.2, 0.25) is 0 Å². The molecule has 0 radical (unpaired) electrons. The summed E-state index contributed by atoms with van der Waals surface area (Å²) in [6, 6.07) is 13.6. The molecule has 0 fully saturated rings. The minimum Gasteiger partial charge on any atom is -0.492 e. The Morgan fingerprint density at radius 3 is 2.62 bits per heavy atom. The Balaban J connectivity index is 2.18. The van der Waals surface area contributed by atoms with E-state index in [1.54, 1.807) is 24.3 Å². The van der Waals surface area contributed by atoms with Gasteiger partial charge in [0.1, 0.15) is 24.1 Å². The number of hydrogen-bond donors (Lipinski definition) is 0. The van der Waals surface area contributed by atoms with Crippen LogP contribution in [0.3, 0.4) is 0 Å². The van der Waals surface area contributed by atoms with Gasteiger partial charge < -0.3 is 9.47 Å². The van der Waals surface area contributed by atoms with E-state index >= 15 is 0 Å². The van der Waals surface area contributed by atoms with Crippen molar-refractivity contribution in [1.82, 2.24) is 0 Å². The van der Waals surface area contributed by atoms with Gasteiger partial charge in [-0.3, -0.25) is 4.79 Å². The summed E-state index contributed by atoms with van der Waals surface area (Å²) in [6.07, 6.45) is 0. The van der Waals surface area contributed by atoms with Crippen LogP contribution >= 0.6 is 0 Å². The van der Waals surface area contributed by atoms with Crippen molar-refractivity contribution in [2.24, 2.45) is 0 Å². The zero-order valence-electron chi connectivity index (χ0n) is 12.0. The number of esters is 1. The molecule has 0 bridgehead atoms. The van der Waals surface area contributed by atoms with Crippen molar-refractivity contribution in [3.05, 3.63) is 65.5 Å². The lowest BCUT2D eigenvalue weighted by Gasteiger charge is -2.16. The highest BCUT2D eigenvalue weighted by Gasteiger charge is 2.25. The lowest BCUT2D eigenvalue weighted by molar-refractivity contribution is -0.143. The fourth-order valence-corrected chi connectivity index (χ4v) is 2.07. The molecule has 4 heteroatoms. The van der Waals surface area contributed by atoms with E-state index in [4.69, 9.17) is 9.47 Å². The molecule has 2 aromatic rings. The molecule has 1 atom stereocenters. The topological polar surface area (TPSA) is 35.5 Å². The van der Waals surface area contributed by atoms with Crippen molar-refractivity contribution < 1.29 is 18.7 Å². The highest BCUT2D eigenvalue weighted by molar-refractivity contribution is 5.78. The predicted molar refractivity (Wildman–Crippen MR) is 77.8 cm³/mol. The number of carbonyl (C=O) groups is 1. The van der Waals surface area contributed by atoms with E-state index in [0.717, 1.165) is 5.56 Å². The van der Waals surface area contributed by atoms with E-state index in [9.17, 15) is 9.18 Å². The van der Waals surface area contributed by atoms with Gasteiger partial charge in [-0.05, 0) is 30.7 Å². The number of methoxy groups -OCH3 is 1. The maximum absolute atomic E-state index is 13.9. The van der Waals surface area contributed by atoms with Crippen LogP contribution in [0.1, 0.15) is 17.0 Å². The first-order valence-electron chi connectivity index (χ1n) is 6.63. The summed E-state index contributed by atoms with van der Waals surface area (Å²) >= 11 is 0. The van der Waals surface area contributed by atoms with E-state index in [1.165, 1.54) is 13.2 Å². The number of aryl methyl sites for hydroxylation is 1. The molecule has 0 aliphatic heterocycles. The fourth-order valence-electron chi connectivity index (χ4n) is 2.07. The van der Waals surface area contributed by atoms with Crippen LogP contribution in [-0.2, 0) is 9.53 Å². The van der Waals surface area contributed by atoms with Crippen molar-refractivity contribution >= 4 is 5.97 Å². The SMILES string of the molecule is COC(=O)C(COc1cccc(C)c1)c1ccccc1F. The Morgan fingerprint density at radius 1 is 1.19 bits per heavy atom. The Bertz CT molecular complexity index is 625. The van der Waals surface area contributed by atoms with Crippen molar-refractivity contribution in [2.75, 3.05) is 13.7 Å². The Kier molecular flexibility index (Phi) is 4.93. The van der Waals surface area contributed by atoms with Gasteiger partial charge in [-0.25, -0.2) is 4.39 Å². The van der Waals surface area contributed by atoms with E-state index in [2.05, 4.69) is 0 Å². The molecule has 0 aromatic heterocycles. The third-order valence-electron chi connectivity index (χ3n) is 3.17. The Morgan fingerprint density at radius 2 is 1.95 bits per heavy atom. The largest absolute Gasteiger partial charge is 0.492 e. The van der Waals surface area contributed by atoms with Gasteiger partial charge in [0, 0.05) is 5.56 Å². The average Bonchev–Trinajstić information content (AvgIpc) is 2.49. The summed E-state index contributed by atoms with van der Waals surface area (Å²) in [4.78, 5) is 11.9. The minimum absolute atomic E-state index is 0.0249. The zero-order valence-corrected chi connectivity index (χ0v) is 12.0. The maximum atomic E-state index is 13.9. The number of rotatable bonds is 5. The minimum atomic E-state index is -0.795. The van der Waals surface area contributed by atoms with Gasteiger partial charge in [0.15, 0.2) is 0 Å². The van der Waals surface area contributed by atoms with Gasteiger partial charge in [-0.15, -0.1) is 0 Å². The van der Waals surface area contributed by atoms with Gasteiger partial charge in [-0.1, -0.05) is 30.3 Å². The second-order valence-electron chi connectivity index (χ2n) is 4.72. The molecule has 1 unspecified atom stereocenters. The van der Waals surface area contributed by atoms with Crippen LogP contribution in [0.5, 0.6) is 5.75 Å². The molecular formula is C17H17FO3. The van der Waals surface area contributed by atoms with E-state index in [1.807, 2.05) is 25.1 Å². The molecule has 0 heterocycles. The lowest BCUT2D eigenvalue weighted by atomic mass is 9.99. The van der Waals surface area contributed by atoms with Crippen LogP contribution < -0.4 is 4.74 Å². The monoisotopic (exact) mass is 288 g/mol. The average molecular weight is 288 g/mol. The van der Waals surface area contributed by atoms with Crippen molar-refractivity contribution in [2.45, 2.75) is 12.8 Å². The first kappa shape index (κ1) is 15.0. The van der Waals surface area contributed by atoms with Crippen LogP contribution in [0.25, 0.3) is 0 Å². The van der Waals surface area contributed by atoms with Crippen LogP contribution in [0.15, 0.2) is 48.5 Å². The van der Waals surface area contributed by atoms with Crippen LogP contribution in [0, 0.1) is 12.7 Å². The fraction of sp³-hybridized carbons (Fsp3) is 0.235.